The van der Waals surface area contributed by atoms with Gasteiger partial charge >= 0.3 is 0 Å². The van der Waals surface area contributed by atoms with Gasteiger partial charge in [-0.3, -0.25) is 0 Å². The highest BCUT2D eigenvalue weighted by Gasteiger charge is 2.25. The minimum absolute atomic E-state index is 0.638. The Morgan fingerprint density at radius 1 is 0.931 bits per heavy atom. The molecule has 5 rings (SSSR count). The van der Waals surface area contributed by atoms with Crippen LogP contribution in [0.4, 0.5) is 5.69 Å². The molecule has 29 heavy (non-hydrogen) atoms. The summed E-state index contributed by atoms with van der Waals surface area (Å²) in [6.07, 6.45) is 7.58. The first-order valence-corrected chi connectivity index (χ1v) is 11.3. The number of anilines is 1. The summed E-state index contributed by atoms with van der Waals surface area (Å²) in [5, 5.41) is 3.82. The number of hydrogen-bond donors (Lipinski definition) is 1. The molecule has 2 aliphatic heterocycles. The number of ether oxygens (including phenoxy) is 2. The Hall–Kier alpha value is -2.20. The minimum atomic E-state index is 0.638. The van der Waals surface area contributed by atoms with Crippen molar-refractivity contribution in [3.05, 3.63) is 53.6 Å². The number of piperidine rings is 1. The zero-order valence-corrected chi connectivity index (χ0v) is 17.2. The molecule has 0 saturated carbocycles. The van der Waals surface area contributed by atoms with Crippen molar-refractivity contribution in [2.75, 3.05) is 37.7 Å². The quantitative estimate of drug-likeness (QED) is 0.733. The maximum Gasteiger partial charge on any atom is 0.184 e. The lowest BCUT2D eigenvalue weighted by molar-refractivity contribution is 0.172. The molecule has 0 radical (unpaired) electrons. The molecule has 2 aromatic rings. The lowest BCUT2D eigenvalue weighted by Gasteiger charge is -2.35. The molecule has 1 fully saturated rings. The van der Waals surface area contributed by atoms with E-state index in [1.54, 1.807) is 11.1 Å². The highest BCUT2D eigenvalue weighted by Crippen LogP contribution is 2.40. The predicted octanol–water partition coefficient (Wildman–Crippen LogP) is 4.53. The Bertz CT molecular complexity index is 829. The van der Waals surface area contributed by atoms with Crippen LogP contribution in [0.2, 0.25) is 0 Å². The van der Waals surface area contributed by atoms with Gasteiger partial charge in [0.05, 0.1) is 5.69 Å². The lowest BCUT2D eigenvalue weighted by Crippen LogP contribution is -2.43. The third-order valence-corrected chi connectivity index (χ3v) is 6.80. The van der Waals surface area contributed by atoms with E-state index in [2.05, 4.69) is 46.6 Å². The summed E-state index contributed by atoms with van der Waals surface area (Å²) in [6, 6.07) is 15.9. The van der Waals surface area contributed by atoms with E-state index in [1.807, 2.05) is 6.07 Å². The zero-order chi connectivity index (χ0) is 19.5. The molecule has 2 aromatic carbocycles. The van der Waals surface area contributed by atoms with Gasteiger partial charge in [0.1, 0.15) is 13.2 Å². The molecule has 1 N–H and O–H groups in total. The molecule has 3 aliphatic rings. The number of hydrogen-bond acceptors (Lipinski definition) is 4. The van der Waals surface area contributed by atoms with Crippen LogP contribution in [0.15, 0.2) is 42.5 Å². The van der Waals surface area contributed by atoms with Gasteiger partial charge in [-0.15, -0.1) is 0 Å². The number of fused-ring (bicyclic) bond motifs is 2. The molecular formula is C25H32N2O2. The second-order valence-electron chi connectivity index (χ2n) is 8.59. The summed E-state index contributed by atoms with van der Waals surface area (Å²) in [4.78, 5) is 2.46. The van der Waals surface area contributed by atoms with Crippen LogP contribution in [0.25, 0.3) is 0 Å². The van der Waals surface area contributed by atoms with Gasteiger partial charge < -0.3 is 19.7 Å². The fourth-order valence-electron chi connectivity index (χ4n) is 5.23. The topological polar surface area (TPSA) is 33.7 Å². The van der Waals surface area contributed by atoms with E-state index >= 15 is 0 Å². The van der Waals surface area contributed by atoms with Crippen LogP contribution in [-0.2, 0) is 6.42 Å². The van der Waals surface area contributed by atoms with Gasteiger partial charge in [0.15, 0.2) is 11.5 Å². The van der Waals surface area contributed by atoms with Crippen molar-refractivity contribution >= 4 is 5.69 Å². The smallest absolute Gasteiger partial charge is 0.184 e. The fourth-order valence-corrected chi connectivity index (χ4v) is 5.23. The number of aryl methyl sites for hydroxylation is 1. The molecular weight excluding hydrogens is 360 g/mol. The van der Waals surface area contributed by atoms with Gasteiger partial charge in [0.2, 0.25) is 0 Å². The molecule has 1 atom stereocenters. The van der Waals surface area contributed by atoms with Crippen molar-refractivity contribution in [2.24, 2.45) is 0 Å². The van der Waals surface area contributed by atoms with Crippen molar-refractivity contribution in [1.82, 2.24) is 5.32 Å². The fraction of sp³-hybridized carbons (Fsp3) is 0.520. The summed E-state index contributed by atoms with van der Waals surface area (Å²) in [6.45, 7) is 4.59. The Balaban J connectivity index is 1.07. The van der Waals surface area contributed by atoms with E-state index in [-0.39, 0.29) is 0 Å². The molecule has 1 unspecified atom stereocenters. The predicted molar refractivity (Wildman–Crippen MR) is 117 cm³/mol. The van der Waals surface area contributed by atoms with Crippen molar-refractivity contribution in [3.8, 4) is 11.5 Å². The summed E-state index contributed by atoms with van der Waals surface area (Å²) < 4.78 is 11.6. The molecule has 4 heteroatoms. The average Bonchev–Trinajstić information content (AvgIpc) is 3.20. The van der Waals surface area contributed by atoms with E-state index in [0.717, 1.165) is 37.1 Å². The van der Waals surface area contributed by atoms with Crippen LogP contribution < -0.4 is 19.7 Å². The molecule has 0 aromatic heterocycles. The largest absolute Gasteiger partial charge is 0.486 e. The van der Waals surface area contributed by atoms with Crippen molar-refractivity contribution in [2.45, 2.75) is 50.5 Å². The Morgan fingerprint density at radius 3 is 2.72 bits per heavy atom. The molecule has 1 saturated heterocycles. The van der Waals surface area contributed by atoms with E-state index < -0.39 is 0 Å². The normalized spacial score (nSPS) is 21.2. The summed E-state index contributed by atoms with van der Waals surface area (Å²) >= 11 is 0. The third kappa shape index (κ3) is 4.09. The molecule has 0 bridgehead atoms. The molecule has 0 amide bonds. The maximum atomic E-state index is 5.91. The Kier molecular flexibility index (Phi) is 5.62. The monoisotopic (exact) mass is 392 g/mol. The number of benzene rings is 2. The number of nitrogens with zero attached hydrogens (tertiary/aromatic N) is 1. The summed E-state index contributed by atoms with van der Waals surface area (Å²) in [7, 11) is 0. The second-order valence-corrected chi connectivity index (χ2v) is 8.59. The van der Waals surface area contributed by atoms with Crippen LogP contribution in [-0.4, -0.2) is 38.9 Å². The van der Waals surface area contributed by atoms with Crippen LogP contribution in [0, 0.1) is 0 Å². The number of nitrogens with one attached hydrogen (secondary N) is 1. The van der Waals surface area contributed by atoms with E-state index in [4.69, 9.17) is 9.47 Å². The summed E-state index contributed by atoms with van der Waals surface area (Å²) in [5.41, 5.74) is 4.38. The minimum Gasteiger partial charge on any atom is -0.486 e. The SMILES string of the molecule is c1ccc2c(c1)CCC2CCCNC1CCN(c2cccc3c2OCCO3)CC1. The van der Waals surface area contributed by atoms with Gasteiger partial charge in [0, 0.05) is 19.1 Å². The Morgan fingerprint density at radius 2 is 1.79 bits per heavy atom. The van der Waals surface area contributed by atoms with Gasteiger partial charge in [-0.25, -0.2) is 0 Å². The van der Waals surface area contributed by atoms with Crippen molar-refractivity contribution in [1.29, 1.82) is 0 Å². The van der Waals surface area contributed by atoms with Gasteiger partial charge in [-0.2, -0.15) is 0 Å². The maximum absolute atomic E-state index is 5.91. The zero-order valence-electron chi connectivity index (χ0n) is 17.2. The van der Waals surface area contributed by atoms with E-state index in [9.17, 15) is 0 Å². The van der Waals surface area contributed by atoms with Crippen LogP contribution >= 0.6 is 0 Å². The average molecular weight is 393 g/mol. The molecule has 4 nitrogen and oxygen atoms in total. The van der Waals surface area contributed by atoms with Gasteiger partial charge in [0.25, 0.3) is 0 Å². The van der Waals surface area contributed by atoms with Crippen LogP contribution in [0.3, 0.4) is 0 Å². The first-order valence-electron chi connectivity index (χ1n) is 11.3. The molecule has 0 spiro atoms. The van der Waals surface area contributed by atoms with Gasteiger partial charge in [-0.05, 0) is 74.2 Å². The Labute approximate surface area is 174 Å². The second kappa shape index (κ2) is 8.66. The first kappa shape index (κ1) is 18.8. The highest BCUT2D eigenvalue weighted by molar-refractivity contribution is 5.65. The number of para-hydroxylation sites is 1. The van der Waals surface area contributed by atoms with E-state index in [1.165, 1.54) is 44.2 Å². The first-order chi connectivity index (χ1) is 14.4. The van der Waals surface area contributed by atoms with Gasteiger partial charge in [-0.1, -0.05) is 30.3 Å². The van der Waals surface area contributed by atoms with Crippen molar-refractivity contribution < 1.29 is 9.47 Å². The number of rotatable bonds is 6. The molecule has 2 heterocycles. The molecule has 154 valence electrons. The summed E-state index contributed by atoms with van der Waals surface area (Å²) in [5.74, 6) is 2.60. The van der Waals surface area contributed by atoms with Crippen LogP contribution in [0.5, 0.6) is 11.5 Å². The third-order valence-electron chi connectivity index (χ3n) is 6.80. The van der Waals surface area contributed by atoms with Crippen molar-refractivity contribution in [3.63, 3.8) is 0 Å². The van der Waals surface area contributed by atoms with Crippen LogP contribution in [0.1, 0.15) is 49.1 Å². The highest BCUT2D eigenvalue weighted by atomic mass is 16.6. The molecule has 1 aliphatic carbocycles. The van der Waals surface area contributed by atoms with E-state index in [0.29, 0.717) is 19.3 Å². The standard InChI is InChI=1S/C25H32N2O2/c1-2-7-22-19(5-1)10-11-20(22)6-4-14-26-21-12-15-27(16-13-21)23-8-3-9-24-25(23)29-18-17-28-24/h1-3,5,7-9,20-21,26H,4,6,10-18H2. The lowest BCUT2D eigenvalue weighted by atomic mass is 9.96.